The smallest absolute Gasteiger partial charge is 0.310 e. The van der Waals surface area contributed by atoms with Crippen molar-refractivity contribution in [3.05, 3.63) is 48.0 Å². The zero-order chi connectivity index (χ0) is 19.5. The Morgan fingerprint density at radius 3 is 2.41 bits per heavy atom. The van der Waals surface area contributed by atoms with E-state index in [1.165, 1.54) is 0 Å². The van der Waals surface area contributed by atoms with Crippen molar-refractivity contribution >= 4 is 17.7 Å². The quantitative estimate of drug-likeness (QED) is 0.461. The number of carbonyl (C=O) groups excluding carboxylic acids is 1. The molecule has 0 amide bonds. The molecule has 0 radical (unpaired) electrons. The van der Waals surface area contributed by atoms with Crippen LogP contribution < -0.4 is 9.47 Å². The lowest BCUT2D eigenvalue weighted by Gasteiger charge is -2.12. The van der Waals surface area contributed by atoms with Crippen LogP contribution in [-0.2, 0) is 16.0 Å². The highest BCUT2D eigenvalue weighted by molar-refractivity contribution is 7.99. The molecule has 0 aliphatic rings. The molecule has 0 saturated carbocycles. The molecule has 2 aromatic carbocycles. The second-order valence-electron chi connectivity index (χ2n) is 5.47. The van der Waals surface area contributed by atoms with Gasteiger partial charge in [-0.15, -0.1) is 5.92 Å². The summed E-state index contributed by atoms with van der Waals surface area (Å²) in [7, 11) is 0. The molecular weight excluding hydrogens is 360 g/mol. The second-order valence-corrected chi connectivity index (χ2v) is 6.59. The Kier molecular flexibility index (Phi) is 8.60. The molecule has 4 nitrogen and oxygen atoms in total. The third kappa shape index (κ3) is 6.92. The van der Waals surface area contributed by atoms with Gasteiger partial charge in [-0.2, -0.15) is 0 Å². The van der Waals surface area contributed by atoms with Crippen molar-refractivity contribution in [2.24, 2.45) is 0 Å². The van der Waals surface area contributed by atoms with Gasteiger partial charge >= 0.3 is 5.97 Å². The molecule has 0 heterocycles. The summed E-state index contributed by atoms with van der Waals surface area (Å²) >= 11 is 1.58. The molecule has 0 saturated heterocycles. The van der Waals surface area contributed by atoms with Crippen LogP contribution in [0.3, 0.4) is 0 Å². The van der Waals surface area contributed by atoms with E-state index < -0.39 is 0 Å². The Bertz CT molecular complexity index is 803. The summed E-state index contributed by atoms with van der Waals surface area (Å²) in [5.41, 5.74) is 0.917. The van der Waals surface area contributed by atoms with Gasteiger partial charge in [0.25, 0.3) is 0 Å². The van der Waals surface area contributed by atoms with Gasteiger partial charge in [0.05, 0.1) is 19.6 Å². The predicted octanol–water partition coefficient (Wildman–Crippen LogP) is 4.74. The number of ether oxygens (including phenoxy) is 3. The van der Waals surface area contributed by atoms with Gasteiger partial charge in [-0.1, -0.05) is 23.7 Å². The van der Waals surface area contributed by atoms with Crippen LogP contribution in [0.25, 0.3) is 0 Å². The number of hydrogen-bond acceptors (Lipinski definition) is 5. The summed E-state index contributed by atoms with van der Waals surface area (Å²) in [6.45, 7) is 6.88. The third-order valence-corrected chi connectivity index (χ3v) is 4.64. The maximum Gasteiger partial charge on any atom is 0.310 e. The molecule has 2 rings (SSSR count). The molecule has 0 unspecified atom stereocenters. The van der Waals surface area contributed by atoms with E-state index in [1.807, 2.05) is 56.3 Å². The minimum Gasteiger partial charge on any atom is -0.494 e. The fraction of sp³-hybridized carbons (Fsp3) is 0.318. The zero-order valence-corrected chi connectivity index (χ0v) is 16.7. The van der Waals surface area contributed by atoms with Crippen molar-refractivity contribution in [2.45, 2.75) is 37.0 Å². The SMILES string of the molecule is CC#CCOc1ccc(Sc2cc(OCC)ccc2CC(=O)OCC)cc1. The van der Waals surface area contributed by atoms with E-state index in [2.05, 4.69) is 11.8 Å². The van der Waals surface area contributed by atoms with Gasteiger partial charge in [0.15, 0.2) is 0 Å². The van der Waals surface area contributed by atoms with E-state index in [4.69, 9.17) is 14.2 Å². The summed E-state index contributed by atoms with van der Waals surface area (Å²) in [6.07, 6.45) is 0.236. The Hall–Kier alpha value is -2.58. The molecule has 0 spiro atoms. The molecule has 0 N–H and O–H groups in total. The largest absolute Gasteiger partial charge is 0.494 e. The van der Waals surface area contributed by atoms with E-state index in [0.717, 1.165) is 26.9 Å². The van der Waals surface area contributed by atoms with Gasteiger partial charge in [-0.3, -0.25) is 4.79 Å². The first kappa shape index (κ1) is 20.7. The fourth-order valence-corrected chi connectivity index (χ4v) is 3.29. The highest BCUT2D eigenvalue weighted by atomic mass is 32.2. The van der Waals surface area contributed by atoms with Gasteiger partial charge in [0, 0.05) is 9.79 Å². The summed E-state index contributed by atoms with van der Waals surface area (Å²) in [5, 5.41) is 0. The average Bonchev–Trinajstić information content (AvgIpc) is 2.66. The number of carbonyl (C=O) groups is 1. The summed E-state index contributed by atoms with van der Waals surface area (Å²) in [6, 6.07) is 13.6. The van der Waals surface area contributed by atoms with E-state index in [-0.39, 0.29) is 12.4 Å². The van der Waals surface area contributed by atoms with Gasteiger partial charge in [-0.05, 0) is 62.7 Å². The van der Waals surface area contributed by atoms with Crippen molar-refractivity contribution in [3.8, 4) is 23.3 Å². The molecule has 2 aromatic rings. The highest BCUT2D eigenvalue weighted by Crippen LogP contribution is 2.34. The van der Waals surface area contributed by atoms with Crippen LogP contribution in [0.4, 0.5) is 0 Å². The van der Waals surface area contributed by atoms with E-state index >= 15 is 0 Å². The number of hydrogen-bond donors (Lipinski definition) is 0. The van der Waals surface area contributed by atoms with Crippen LogP contribution in [0.5, 0.6) is 11.5 Å². The first-order valence-corrected chi connectivity index (χ1v) is 9.69. The number of rotatable bonds is 9. The molecule has 142 valence electrons. The standard InChI is InChI=1S/C22H24O4S/c1-4-7-14-26-18-10-12-20(13-11-18)27-21-16-19(24-5-2)9-8-17(21)15-22(23)25-6-3/h8-13,16H,5-6,14-15H2,1-3H3. The van der Waals surface area contributed by atoms with E-state index in [9.17, 15) is 4.79 Å². The van der Waals surface area contributed by atoms with E-state index in [1.54, 1.807) is 18.7 Å². The van der Waals surface area contributed by atoms with Crippen molar-refractivity contribution in [1.82, 2.24) is 0 Å². The first-order chi connectivity index (χ1) is 13.2. The van der Waals surface area contributed by atoms with Crippen molar-refractivity contribution in [2.75, 3.05) is 19.8 Å². The van der Waals surface area contributed by atoms with Gasteiger partial charge in [0.1, 0.15) is 18.1 Å². The molecule has 0 aliphatic carbocycles. The molecule has 27 heavy (non-hydrogen) atoms. The van der Waals surface area contributed by atoms with Crippen molar-refractivity contribution in [3.63, 3.8) is 0 Å². The molecule has 0 fully saturated rings. The third-order valence-electron chi connectivity index (χ3n) is 3.53. The van der Waals surface area contributed by atoms with Crippen LogP contribution in [0.2, 0.25) is 0 Å². The molecule has 0 atom stereocenters. The number of benzene rings is 2. The predicted molar refractivity (Wildman–Crippen MR) is 107 cm³/mol. The minimum absolute atomic E-state index is 0.232. The topological polar surface area (TPSA) is 44.8 Å². The van der Waals surface area contributed by atoms with Crippen LogP contribution in [-0.4, -0.2) is 25.8 Å². The van der Waals surface area contributed by atoms with Crippen molar-refractivity contribution in [1.29, 1.82) is 0 Å². The monoisotopic (exact) mass is 384 g/mol. The Morgan fingerprint density at radius 1 is 1.00 bits per heavy atom. The maximum absolute atomic E-state index is 11.9. The normalized spacial score (nSPS) is 9.89. The van der Waals surface area contributed by atoms with Gasteiger partial charge < -0.3 is 14.2 Å². The van der Waals surface area contributed by atoms with Crippen LogP contribution in [0.15, 0.2) is 52.3 Å². The molecule has 0 bridgehead atoms. The summed E-state index contributed by atoms with van der Waals surface area (Å²) in [4.78, 5) is 13.9. The summed E-state index contributed by atoms with van der Waals surface area (Å²) < 4.78 is 16.2. The lowest BCUT2D eigenvalue weighted by atomic mass is 10.1. The molecule has 0 aliphatic heterocycles. The average molecular weight is 384 g/mol. The highest BCUT2D eigenvalue weighted by Gasteiger charge is 2.12. The zero-order valence-electron chi connectivity index (χ0n) is 15.9. The Balaban J connectivity index is 2.17. The summed E-state index contributed by atoms with van der Waals surface area (Å²) in [5.74, 6) is 7.00. The lowest BCUT2D eigenvalue weighted by molar-refractivity contribution is -0.142. The maximum atomic E-state index is 11.9. The lowest BCUT2D eigenvalue weighted by Crippen LogP contribution is -2.08. The first-order valence-electron chi connectivity index (χ1n) is 8.88. The molecule has 5 heteroatoms. The Labute approximate surface area is 165 Å². The van der Waals surface area contributed by atoms with E-state index in [0.29, 0.717) is 19.8 Å². The van der Waals surface area contributed by atoms with Crippen LogP contribution in [0, 0.1) is 11.8 Å². The Morgan fingerprint density at radius 2 is 1.74 bits per heavy atom. The van der Waals surface area contributed by atoms with Gasteiger partial charge in [-0.25, -0.2) is 0 Å². The fourth-order valence-electron chi connectivity index (χ4n) is 2.32. The van der Waals surface area contributed by atoms with Crippen molar-refractivity contribution < 1.29 is 19.0 Å². The molecule has 0 aromatic heterocycles. The molecular formula is C22H24O4S. The van der Waals surface area contributed by atoms with Gasteiger partial charge in [0.2, 0.25) is 0 Å². The van der Waals surface area contributed by atoms with Crippen LogP contribution >= 0.6 is 11.8 Å². The minimum atomic E-state index is -0.232. The number of esters is 1. The second kappa shape index (κ2) is 11.2. The van der Waals surface area contributed by atoms with Crippen LogP contribution in [0.1, 0.15) is 26.3 Å².